The molecule has 57 heavy (non-hydrogen) atoms. The molecule has 1 fully saturated rings. The number of amides is 1. The Bertz CT molecular complexity index is 2140. The van der Waals surface area contributed by atoms with Crippen LogP contribution in [0, 0.1) is 11.8 Å². The van der Waals surface area contributed by atoms with Crippen molar-refractivity contribution < 1.29 is 38.2 Å². The van der Waals surface area contributed by atoms with Crippen LogP contribution in [0.5, 0.6) is 17.2 Å². The molecule has 11 nitrogen and oxygen atoms in total. The fraction of sp³-hybridized carbons (Fsp3) is 0.222. The van der Waals surface area contributed by atoms with Crippen LogP contribution in [0.2, 0.25) is 5.02 Å². The molecule has 0 saturated carbocycles. The highest BCUT2D eigenvalue weighted by Crippen LogP contribution is 2.30. The van der Waals surface area contributed by atoms with Crippen LogP contribution in [0.25, 0.3) is 0 Å². The van der Waals surface area contributed by atoms with Gasteiger partial charge in [-0.15, -0.1) is 5.06 Å². The van der Waals surface area contributed by atoms with E-state index in [2.05, 4.69) is 58.0 Å². The van der Waals surface area contributed by atoms with E-state index < -0.39 is 18.2 Å². The van der Waals surface area contributed by atoms with Crippen molar-refractivity contribution in [2.45, 2.75) is 12.5 Å². The van der Waals surface area contributed by atoms with E-state index in [0.717, 1.165) is 31.2 Å². The summed E-state index contributed by atoms with van der Waals surface area (Å²) in [6, 6.07) is 40.4. The molecule has 1 amide bonds. The Kier molecular flexibility index (Phi) is 14.5. The zero-order valence-electron chi connectivity index (χ0n) is 31.4. The third-order valence-electron chi connectivity index (χ3n) is 9.08. The quantitative estimate of drug-likeness (QED) is 0.0531. The molecule has 1 saturated heterocycles. The molecule has 1 aliphatic rings. The van der Waals surface area contributed by atoms with Gasteiger partial charge < -0.3 is 18.9 Å². The van der Waals surface area contributed by atoms with Crippen molar-refractivity contribution in [1.82, 2.24) is 14.9 Å². The molecule has 292 valence electrons. The predicted octanol–water partition coefficient (Wildman–Crippen LogP) is 8.29. The number of hydrogen-bond donors (Lipinski definition) is 0. The van der Waals surface area contributed by atoms with Crippen molar-refractivity contribution >= 4 is 29.8 Å². The summed E-state index contributed by atoms with van der Waals surface area (Å²) >= 11 is 6.20. The van der Waals surface area contributed by atoms with E-state index in [1.165, 1.54) is 18.2 Å². The normalized spacial score (nSPS) is 13.3. The van der Waals surface area contributed by atoms with E-state index in [1.54, 1.807) is 78.9 Å². The van der Waals surface area contributed by atoms with Crippen molar-refractivity contribution in [1.29, 1.82) is 0 Å². The molecule has 1 atom stereocenters. The van der Waals surface area contributed by atoms with Crippen LogP contribution in [-0.2, 0) is 9.57 Å². The van der Waals surface area contributed by atoms with Gasteiger partial charge in [0.2, 0.25) is 0 Å². The zero-order valence-corrected chi connectivity index (χ0v) is 32.2. The van der Waals surface area contributed by atoms with Crippen molar-refractivity contribution in [3.8, 4) is 29.1 Å². The van der Waals surface area contributed by atoms with Crippen LogP contribution >= 0.6 is 11.6 Å². The molecule has 0 radical (unpaired) electrons. The van der Waals surface area contributed by atoms with Crippen molar-refractivity contribution in [3.63, 3.8) is 0 Å². The summed E-state index contributed by atoms with van der Waals surface area (Å²) in [5.74, 6) is 6.29. The average molecular weight is 788 g/mol. The van der Waals surface area contributed by atoms with Gasteiger partial charge in [-0.25, -0.2) is 14.4 Å². The minimum absolute atomic E-state index is 0.0906. The van der Waals surface area contributed by atoms with Gasteiger partial charge in [-0.3, -0.25) is 14.6 Å². The van der Waals surface area contributed by atoms with E-state index in [9.17, 15) is 14.4 Å². The number of rotatable bonds is 12. The van der Waals surface area contributed by atoms with E-state index >= 15 is 0 Å². The van der Waals surface area contributed by atoms with Crippen molar-refractivity contribution in [3.05, 3.63) is 161 Å². The Morgan fingerprint density at radius 3 is 2.02 bits per heavy atom. The molecule has 12 heteroatoms. The third kappa shape index (κ3) is 11.8. The Hall–Kier alpha value is -6.32. The van der Waals surface area contributed by atoms with Gasteiger partial charge in [-0.05, 0) is 65.7 Å². The molecule has 1 unspecified atom stereocenters. The molecule has 0 bridgehead atoms. The van der Waals surface area contributed by atoms with Gasteiger partial charge in [-0.1, -0.05) is 102 Å². The number of hydroxylamine groups is 2. The summed E-state index contributed by atoms with van der Waals surface area (Å²) in [6.07, 6.45) is -1.96. The van der Waals surface area contributed by atoms with E-state index in [1.807, 2.05) is 18.2 Å². The lowest BCUT2D eigenvalue weighted by Gasteiger charge is -2.39. The van der Waals surface area contributed by atoms with Crippen LogP contribution in [0.4, 0.5) is 9.59 Å². The molecule has 6 rings (SSSR count). The number of para-hydroxylation sites is 2. The topological polar surface area (TPSA) is 107 Å². The number of halogens is 1. The summed E-state index contributed by atoms with van der Waals surface area (Å²) in [4.78, 5) is 48.3. The largest absolute Gasteiger partial charge is 0.539 e. The van der Waals surface area contributed by atoms with Gasteiger partial charge in [0.1, 0.15) is 29.4 Å². The van der Waals surface area contributed by atoms with Crippen LogP contribution in [0.15, 0.2) is 133 Å². The lowest BCUT2D eigenvalue weighted by Crippen LogP contribution is -2.48. The smallest absolute Gasteiger partial charge is 0.491 e. The van der Waals surface area contributed by atoms with E-state index in [-0.39, 0.29) is 36.1 Å². The molecule has 5 aromatic carbocycles. The Morgan fingerprint density at radius 1 is 0.754 bits per heavy atom. The van der Waals surface area contributed by atoms with E-state index in [4.69, 9.17) is 35.4 Å². The molecule has 1 heterocycles. The highest BCUT2D eigenvalue weighted by atomic mass is 35.5. The van der Waals surface area contributed by atoms with Crippen LogP contribution in [0.3, 0.4) is 0 Å². The molecular formula is C45H42ClN3O8. The number of ether oxygens (including phenoxy) is 4. The second-order valence-corrected chi connectivity index (χ2v) is 13.3. The lowest BCUT2D eigenvalue weighted by atomic mass is 9.96. The summed E-state index contributed by atoms with van der Waals surface area (Å²) in [6.45, 7) is 4.39. The number of benzene rings is 5. The summed E-state index contributed by atoms with van der Waals surface area (Å²) in [5.41, 5.74) is 3.20. The maximum absolute atomic E-state index is 12.9. The monoisotopic (exact) mass is 787 g/mol. The van der Waals surface area contributed by atoms with Crippen LogP contribution < -0.4 is 14.2 Å². The summed E-state index contributed by atoms with van der Waals surface area (Å²) in [7, 11) is 1.31. The summed E-state index contributed by atoms with van der Waals surface area (Å²) in [5, 5.41) is 1.46. The zero-order chi connectivity index (χ0) is 39.8. The first-order valence-electron chi connectivity index (χ1n) is 18.5. The number of nitrogens with zero attached hydrogens (tertiary/aromatic N) is 3. The number of piperazine rings is 1. The second-order valence-electron chi connectivity index (χ2n) is 12.9. The SMILES string of the molecule is COC(=O)c1cc(C#CCCN(OC(=O)Oc2ccccc2)C(=O)Oc2ccccc2)ccc1OCCN1CCN(C(c2ccccc2)c2ccc(Cl)cc2)CC1. The first-order valence-corrected chi connectivity index (χ1v) is 18.8. The summed E-state index contributed by atoms with van der Waals surface area (Å²) < 4.78 is 21.7. The number of hydrogen-bond acceptors (Lipinski definition) is 10. The lowest BCUT2D eigenvalue weighted by molar-refractivity contribution is -0.0880. The van der Waals surface area contributed by atoms with E-state index in [0.29, 0.717) is 29.5 Å². The Labute approximate surface area is 337 Å². The molecular weight excluding hydrogens is 746 g/mol. The van der Waals surface area contributed by atoms with Crippen molar-refractivity contribution in [2.24, 2.45) is 0 Å². The minimum Gasteiger partial charge on any atom is -0.491 e. The highest BCUT2D eigenvalue weighted by Gasteiger charge is 2.27. The van der Waals surface area contributed by atoms with Gasteiger partial charge in [0, 0.05) is 49.7 Å². The molecule has 1 aliphatic heterocycles. The van der Waals surface area contributed by atoms with Crippen LogP contribution in [0.1, 0.15) is 39.5 Å². The standard InChI is InChI=1S/C45H42ClN3O8/c1-53-43(50)40-33-34(13-11-12-26-49(44(51)55-38-16-7-3-8-17-38)57-45(52)56-39-18-9-4-10-19-39)20-25-41(40)54-32-31-47-27-29-48(30-28-47)42(35-14-5-2-6-15-35)36-21-23-37(46)24-22-36/h2-10,14-25,33,42H,12,26-32H2,1H3. The molecule has 0 N–H and O–H groups in total. The number of carbonyl (C=O) groups excluding carboxylic acids is 3. The average Bonchev–Trinajstić information content (AvgIpc) is 3.24. The Morgan fingerprint density at radius 2 is 1.37 bits per heavy atom. The fourth-order valence-electron chi connectivity index (χ4n) is 6.26. The first kappa shape index (κ1) is 40.3. The first-order chi connectivity index (χ1) is 27.9. The van der Waals surface area contributed by atoms with Gasteiger partial charge in [0.15, 0.2) is 0 Å². The number of methoxy groups -OCH3 is 1. The van der Waals surface area contributed by atoms with Crippen LogP contribution in [-0.4, -0.2) is 86.1 Å². The molecule has 0 spiro atoms. The molecule has 0 aliphatic carbocycles. The highest BCUT2D eigenvalue weighted by molar-refractivity contribution is 6.30. The van der Waals surface area contributed by atoms with Gasteiger partial charge in [0.25, 0.3) is 0 Å². The predicted molar refractivity (Wildman–Crippen MR) is 215 cm³/mol. The molecule has 5 aromatic rings. The number of esters is 1. The Balaban J connectivity index is 1.03. The number of carbonyl (C=O) groups is 3. The van der Waals surface area contributed by atoms with Gasteiger partial charge in [0.05, 0.1) is 19.7 Å². The van der Waals surface area contributed by atoms with Gasteiger partial charge in [-0.2, -0.15) is 0 Å². The maximum atomic E-state index is 12.9. The fourth-order valence-corrected chi connectivity index (χ4v) is 6.38. The van der Waals surface area contributed by atoms with Crippen molar-refractivity contribution in [2.75, 3.05) is 53.0 Å². The van der Waals surface area contributed by atoms with Gasteiger partial charge >= 0.3 is 18.2 Å². The third-order valence-corrected chi connectivity index (χ3v) is 9.33. The second kappa shape index (κ2) is 20.6. The maximum Gasteiger partial charge on any atom is 0.539 e. The minimum atomic E-state index is -1.12. The molecule has 0 aromatic heterocycles.